The molecule has 0 aliphatic heterocycles. The number of carbonyl (C=O) groups is 1. The highest BCUT2D eigenvalue weighted by atomic mass is 35.5. The molecule has 0 saturated heterocycles. The molecule has 3 aromatic rings. The highest BCUT2D eigenvalue weighted by Gasteiger charge is 2.13. The van der Waals surface area contributed by atoms with Crippen LogP contribution in [-0.4, -0.2) is 21.0 Å². The number of nitrogens with one attached hydrogen (secondary N) is 2. The van der Waals surface area contributed by atoms with Crippen LogP contribution in [0.15, 0.2) is 41.3 Å². The van der Waals surface area contributed by atoms with Crippen molar-refractivity contribution in [3.63, 3.8) is 0 Å². The van der Waals surface area contributed by atoms with Gasteiger partial charge in [0.15, 0.2) is 0 Å². The number of amides is 1. The number of H-pyrrole nitrogens is 1. The summed E-state index contributed by atoms with van der Waals surface area (Å²) in [6.45, 7) is 1.78. The summed E-state index contributed by atoms with van der Waals surface area (Å²) in [6, 6.07) is 7.96. The number of primary amides is 1. The van der Waals surface area contributed by atoms with E-state index in [1.54, 1.807) is 31.2 Å². The molecule has 25 heavy (non-hydrogen) atoms. The van der Waals surface area contributed by atoms with E-state index in [9.17, 15) is 9.59 Å². The SMILES string of the molecule is CC(Nc1nccc(OC(N)=O)n1)c1cc2cc(Cl)ccc2[nH]c1=O. The number of hydrogen-bond acceptors (Lipinski definition) is 6. The second-order valence-electron chi connectivity index (χ2n) is 5.29. The predicted octanol–water partition coefficient (Wildman–Crippen LogP) is 2.60. The molecule has 1 amide bonds. The zero-order valence-corrected chi connectivity index (χ0v) is 13.9. The van der Waals surface area contributed by atoms with E-state index < -0.39 is 12.1 Å². The van der Waals surface area contributed by atoms with Gasteiger partial charge in [-0.15, -0.1) is 0 Å². The Morgan fingerprint density at radius 2 is 2.16 bits per heavy atom. The minimum atomic E-state index is -0.972. The van der Waals surface area contributed by atoms with E-state index in [-0.39, 0.29) is 17.4 Å². The molecule has 0 saturated carbocycles. The second-order valence-corrected chi connectivity index (χ2v) is 5.73. The zero-order valence-electron chi connectivity index (χ0n) is 13.1. The predicted molar refractivity (Wildman–Crippen MR) is 93.9 cm³/mol. The van der Waals surface area contributed by atoms with E-state index in [4.69, 9.17) is 22.1 Å². The number of hydrogen-bond donors (Lipinski definition) is 3. The summed E-state index contributed by atoms with van der Waals surface area (Å²) < 4.78 is 4.70. The third-order valence-corrected chi connectivity index (χ3v) is 3.72. The van der Waals surface area contributed by atoms with Gasteiger partial charge < -0.3 is 20.8 Å². The summed E-state index contributed by atoms with van der Waals surface area (Å²) in [4.78, 5) is 33.9. The van der Waals surface area contributed by atoms with Crippen LogP contribution < -0.4 is 21.3 Å². The first-order valence-electron chi connectivity index (χ1n) is 7.32. The lowest BCUT2D eigenvalue weighted by Gasteiger charge is -2.14. The maximum Gasteiger partial charge on any atom is 0.411 e. The summed E-state index contributed by atoms with van der Waals surface area (Å²) in [5.74, 6) is 0.202. The number of carbonyl (C=O) groups excluding carboxylic acids is 1. The molecule has 1 atom stereocenters. The summed E-state index contributed by atoms with van der Waals surface area (Å²) in [5, 5.41) is 4.37. The maximum atomic E-state index is 12.3. The Balaban J connectivity index is 1.89. The lowest BCUT2D eigenvalue weighted by atomic mass is 10.1. The Morgan fingerprint density at radius 1 is 1.36 bits per heavy atom. The lowest BCUT2D eigenvalue weighted by Crippen LogP contribution is -2.21. The number of pyridine rings is 1. The molecule has 8 nitrogen and oxygen atoms in total. The Labute approximate surface area is 147 Å². The van der Waals surface area contributed by atoms with Gasteiger partial charge in [0, 0.05) is 33.8 Å². The van der Waals surface area contributed by atoms with Crippen molar-refractivity contribution in [1.29, 1.82) is 0 Å². The van der Waals surface area contributed by atoms with Gasteiger partial charge in [-0.2, -0.15) is 4.98 Å². The molecular weight excluding hydrogens is 346 g/mol. The topological polar surface area (TPSA) is 123 Å². The number of aromatic amines is 1. The first-order chi connectivity index (χ1) is 11.9. The van der Waals surface area contributed by atoms with Gasteiger partial charge in [-0.25, -0.2) is 9.78 Å². The fourth-order valence-electron chi connectivity index (χ4n) is 2.36. The third kappa shape index (κ3) is 3.86. The van der Waals surface area contributed by atoms with Gasteiger partial charge in [-0.3, -0.25) is 4.79 Å². The van der Waals surface area contributed by atoms with Crippen LogP contribution in [0.3, 0.4) is 0 Å². The Hall–Kier alpha value is -3.13. The number of halogens is 1. The second kappa shape index (κ2) is 6.78. The molecule has 0 spiro atoms. The summed E-state index contributed by atoms with van der Waals surface area (Å²) >= 11 is 6.00. The molecule has 128 valence electrons. The average Bonchev–Trinajstić information content (AvgIpc) is 2.54. The van der Waals surface area contributed by atoms with E-state index in [1.807, 2.05) is 0 Å². The molecule has 0 fully saturated rings. The largest absolute Gasteiger partial charge is 0.411 e. The van der Waals surface area contributed by atoms with Crippen LogP contribution in [0.2, 0.25) is 5.02 Å². The molecule has 4 N–H and O–H groups in total. The first-order valence-corrected chi connectivity index (χ1v) is 7.69. The number of fused-ring (bicyclic) bond motifs is 1. The van der Waals surface area contributed by atoms with Gasteiger partial charge in [0.05, 0.1) is 6.04 Å². The van der Waals surface area contributed by atoms with Crippen LogP contribution in [0.5, 0.6) is 5.88 Å². The number of ether oxygens (including phenoxy) is 1. The fourth-order valence-corrected chi connectivity index (χ4v) is 2.54. The maximum absolute atomic E-state index is 12.3. The zero-order chi connectivity index (χ0) is 18.0. The Morgan fingerprint density at radius 3 is 2.92 bits per heavy atom. The van der Waals surface area contributed by atoms with Crippen molar-refractivity contribution in [2.24, 2.45) is 5.73 Å². The van der Waals surface area contributed by atoms with Gasteiger partial charge in [-0.05, 0) is 31.2 Å². The minimum Gasteiger partial charge on any atom is -0.391 e. The molecule has 0 bridgehead atoms. The number of benzene rings is 1. The molecule has 1 aromatic carbocycles. The molecule has 2 heterocycles. The standard InChI is InChI=1S/C16H14ClN5O3/c1-8(20-16-19-5-4-13(22-16)25-15(18)24)11-7-9-6-10(17)2-3-12(9)21-14(11)23/h2-8H,1H3,(H2,18,24)(H,21,23)(H,19,20,22). The van der Waals surface area contributed by atoms with Crippen LogP contribution in [0.4, 0.5) is 10.7 Å². The molecule has 0 aliphatic carbocycles. The van der Waals surface area contributed by atoms with Gasteiger partial charge >= 0.3 is 6.09 Å². The number of rotatable bonds is 4. The van der Waals surface area contributed by atoms with Gasteiger partial charge in [-0.1, -0.05) is 11.6 Å². The molecule has 2 aromatic heterocycles. The number of aromatic nitrogens is 3. The van der Waals surface area contributed by atoms with Crippen LogP contribution in [-0.2, 0) is 0 Å². The highest BCUT2D eigenvalue weighted by molar-refractivity contribution is 6.31. The molecule has 0 aliphatic rings. The summed E-state index contributed by atoms with van der Waals surface area (Å²) in [6.07, 6.45) is 0.436. The highest BCUT2D eigenvalue weighted by Crippen LogP contribution is 2.21. The van der Waals surface area contributed by atoms with E-state index in [2.05, 4.69) is 20.3 Å². The fraction of sp³-hybridized carbons (Fsp3) is 0.125. The van der Waals surface area contributed by atoms with Crippen LogP contribution in [0, 0.1) is 0 Å². The van der Waals surface area contributed by atoms with E-state index in [0.717, 1.165) is 5.39 Å². The van der Waals surface area contributed by atoms with Crippen molar-refractivity contribution in [2.75, 3.05) is 5.32 Å². The van der Waals surface area contributed by atoms with Crippen LogP contribution >= 0.6 is 11.6 Å². The van der Waals surface area contributed by atoms with Gasteiger partial charge in [0.1, 0.15) is 0 Å². The first kappa shape index (κ1) is 16.7. The van der Waals surface area contributed by atoms with Crippen molar-refractivity contribution in [3.8, 4) is 5.88 Å². The minimum absolute atomic E-state index is 0.0106. The summed E-state index contributed by atoms with van der Waals surface area (Å²) in [5.41, 5.74) is 5.90. The van der Waals surface area contributed by atoms with Crippen LogP contribution in [0.1, 0.15) is 18.5 Å². The van der Waals surface area contributed by atoms with E-state index in [0.29, 0.717) is 16.1 Å². The van der Waals surface area contributed by atoms with Crippen molar-refractivity contribution in [2.45, 2.75) is 13.0 Å². The monoisotopic (exact) mass is 359 g/mol. The van der Waals surface area contributed by atoms with Crippen molar-refractivity contribution < 1.29 is 9.53 Å². The van der Waals surface area contributed by atoms with E-state index in [1.165, 1.54) is 12.3 Å². The molecule has 0 radical (unpaired) electrons. The Bertz CT molecular complexity index is 1000. The average molecular weight is 360 g/mol. The lowest BCUT2D eigenvalue weighted by molar-refractivity contribution is 0.209. The van der Waals surface area contributed by atoms with E-state index >= 15 is 0 Å². The molecule has 3 rings (SSSR count). The van der Waals surface area contributed by atoms with Gasteiger partial charge in [0.25, 0.3) is 5.56 Å². The molecular formula is C16H14ClN5O3. The molecule has 1 unspecified atom stereocenters. The quantitative estimate of drug-likeness (QED) is 0.658. The normalized spacial score (nSPS) is 11.9. The van der Waals surface area contributed by atoms with Crippen LogP contribution in [0.25, 0.3) is 10.9 Å². The Kier molecular flexibility index (Phi) is 4.53. The van der Waals surface area contributed by atoms with Crippen molar-refractivity contribution in [3.05, 3.63) is 57.5 Å². The molecule has 9 heteroatoms. The number of nitrogens with zero attached hydrogens (tertiary/aromatic N) is 2. The summed E-state index contributed by atoms with van der Waals surface area (Å²) in [7, 11) is 0. The van der Waals surface area contributed by atoms with Gasteiger partial charge in [0.2, 0.25) is 11.8 Å². The smallest absolute Gasteiger partial charge is 0.391 e. The van der Waals surface area contributed by atoms with Crippen molar-refractivity contribution in [1.82, 2.24) is 15.0 Å². The number of anilines is 1. The third-order valence-electron chi connectivity index (χ3n) is 3.48. The van der Waals surface area contributed by atoms with Crippen molar-refractivity contribution >= 4 is 34.5 Å². The number of nitrogens with two attached hydrogens (primary N) is 1.